The Bertz CT molecular complexity index is 440. The minimum Gasteiger partial charge on any atom is -0.330 e. The van der Waals surface area contributed by atoms with E-state index >= 15 is 0 Å². The Morgan fingerprint density at radius 3 is 2.60 bits per heavy atom. The van der Waals surface area contributed by atoms with E-state index in [1.165, 1.54) is 31.4 Å². The molecule has 2 N–H and O–H groups in total. The van der Waals surface area contributed by atoms with Crippen LogP contribution in [0.2, 0.25) is 0 Å². The van der Waals surface area contributed by atoms with Crippen molar-refractivity contribution in [3.05, 3.63) is 35.9 Å². The predicted octanol–water partition coefficient (Wildman–Crippen LogP) is 3.27. The van der Waals surface area contributed by atoms with Gasteiger partial charge in [0.2, 0.25) is 0 Å². The maximum Gasteiger partial charge on any atom is 0.0236 e. The van der Waals surface area contributed by atoms with Crippen LogP contribution in [0.3, 0.4) is 0 Å². The van der Waals surface area contributed by atoms with E-state index in [9.17, 15) is 0 Å². The van der Waals surface area contributed by atoms with Crippen LogP contribution in [0.15, 0.2) is 30.3 Å². The minimum atomic E-state index is 0.450. The molecule has 20 heavy (non-hydrogen) atoms. The van der Waals surface area contributed by atoms with Crippen LogP contribution in [0.5, 0.6) is 0 Å². The quantitative estimate of drug-likeness (QED) is 0.911. The van der Waals surface area contributed by atoms with Gasteiger partial charge in [-0.3, -0.25) is 4.90 Å². The lowest BCUT2D eigenvalue weighted by atomic mass is 9.93. The molecule has 1 heterocycles. The van der Waals surface area contributed by atoms with Gasteiger partial charge in [0.25, 0.3) is 0 Å². The maximum absolute atomic E-state index is 5.99. The number of nitrogens with zero attached hydrogens (tertiary/aromatic N) is 1. The molecule has 3 rings (SSSR count). The summed E-state index contributed by atoms with van der Waals surface area (Å²) < 4.78 is 0. The van der Waals surface area contributed by atoms with Crippen molar-refractivity contribution in [2.24, 2.45) is 23.0 Å². The highest BCUT2D eigenvalue weighted by molar-refractivity contribution is 5.16. The van der Waals surface area contributed by atoms with E-state index in [1.54, 1.807) is 0 Å². The molecule has 0 amide bonds. The zero-order chi connectivity index (χ0) is 14.2. The summed E-state index contributed by atoms with van der Waals surface area (Å²) in [5, 5.41) is 0. The number of rotatable bonds is 4. The van der Waals surface area contributed by atoms with E-state index in [4.69, 9.17) is 5.73 Å². The van der Waals surface area contributed by atoms with Crippen LogP contribution in [-0.4, -0.2) is 24.0 Å². The first-order chi connectivity index (χ1) is 9.64. The molecule has 1 aromatic rings. The van der Waals surface area contributed by atoms with Crippen LogP contribution < -0.4 is 5.73 Å². The monoisotopic (exact) mass is 272 g/mol. The first kappa shape index (κ1) is 14.1. The van der Waals surface area contributed by atoms with Crippen molar-refractivity contribution >= 4 is 0 Å². The highest BCUT2D eigenvalue weighted by Gasteiger charge is 2.60. The summed E-state index contributed by atoms with van der Waals surface area (Å²) in [6, 6.07) is 11.7. The molecule has 110 valence electrons. The van der Waals surface area contributed by atoms with E-state index in [2.05, 4.69) is 49.1 Å². The Labute approximate surface area is 123 Å². The van der Waals surface area contributed by atoms with Crippen molar-refractivity contribution in [2.75, 3.05) is 13.1 Å². The summed E-state index contributed by atoms with van der Waals surface area (Å²) in [5.74, 6) is 1.53. The molecule has 0 spiro atoms. The van der Waals surface area contributed by atoms with Crippen molar-refractivity contribution in [2.45, 2.75) is 45.7 Å². The molecule has 0 bridgehead atoms. The molecule has 1 aliphatic heterocycles. The van der Waals surface area contributed by atoms with E-state index < -0.39 is 0 Å². The van der Waals surface area contributed by atoms with Gasteiger partial charge in [0.15, 0.2) is 0 Å². The van der Waals surface area contributed by atoms with E-state index in [-0.39, 0.29) is 0 Å². The lowest BCUT2D eigenvalue weighted by Crippen LogP contribution is -2.41. The van der Waals surface area contributed by atoms with Gasteiger partial charge in [-0.1, -0.05) is 50.6 Å². The highest BCUT2D eigenvalue weighted by atomic mass is 15.2. The van der Waals surface area contributed by atoms with Gasteiger partial charge in [-0.05, 0) is 48.7 Å². The molecule has 2 nitrogen and oxygen atoms in total. The van der Waals surface area contributed by atoms with Crippen LogP contribution in [0.4, 0.5) is 0 Å². The highest BCUT2D eigenvalue weighted by Crippen LogP contribution is 2.61. The van der Waals surface area contributed by atoms with Crippen LogP contribution in [-0.2, 0) is 6.54 Å². The van der Waals surface area contributed by atoms with Gasteiger partial charge >= 0.3 is 0 Å². The van der Waals surface area contributed by atoms with Gasteiger partial charge in [-0.25, -0.2) is 0 Å². The summed E-state index contributed by atoms with van der Waals surface area (Å²) in [4.78, 5) is 2.72. The maximum atomic E-state index is 5.99. The molecule has 2 heteroatoms. The molecule has 3 unspecified atom stereocenters. The van der Waals surface area contributed by atoms with Gasteiger partial charge in [0.05, 0.1) is 0 Å². The third-order valence-corrected chi connectivity index (χ3v) is 5.70. The van der Waals surface area contributed by atoms with Gasteiger partial charge in [-0.2, -0.15) is 0 Å². The molecule has 1 saturated heterocycles. The molecule has 2 fully saturated rings. The van der Waals surface area contributed by atoms with Gasteiger partial charge in [0, 0.05) is 12.6 Å². The first-order valence-electron chi connectivity index (χ1n) is 8.12. The van der Waals surface area contributed by atoms with Crippen molar-refractivity contribution < 1.29 is 0 Å². The molecule has 1 aromatic carbocycles. The minimum absolute atomic E-state index is 0.450. The normalized spacial score (nSPS) is 33.0. The predicted molar refractivity (Wildman–Crippen MR) is 84.3 cm³/mol. The molecular weight excluding hydrogens is 244 g/mol. The smallest absolute Gasteiger partial charge is 0.0236 e. The summed E-state index contributed by atoms with van der Waals surface area (Å²) >= 11 is 0. The Morgan fingerprint density at radius 1 is 1.20 bits per heavy atom. The van der Waals surface area contributed by atoms with Crippen molar-refractivity contribution in [1.29, 1.82) is 0 Å². The van der Waals surface area contributed by atoms with E-state index in [0.29, 0.717) is 5.41 Å². The number of benzene rings is 1. The van der Waals surface area contributed by atoms with Crippen LogP contribution in [0.25, 0.3) is 0 Å². The average molecular weight is 272 g/mol. The molecular formula is C18H28N2. The molecule has 1 saturated carbocycles. The number of likely N-dealkylation sites (tertiary alicyclic amines) is 1. The molecule has 3 atom stereocenters. The van der Waals surface area contributed by atoms with Gasteiger partial charge < -0.3 is 5.73 Å². The zero-order valence-corrected chi connectivity index (χ0v) is 12.9. The summed E-state index contributed by atoms with van der Waals surface area (Å²) in [6.45, 7) is 8.03. The number of piperidine rings is 1. The molecule has 0 aromatic heterocycles. The third kappa shape index (κ3) is 2.51. The Hall–Kier alpha value is -0.860. The van der Waals surface area contributed by atoms with Crippen molar-refractivity contribution in [3.63, 3.8) is 0 Å². The molecule has 1 aliphatic carbocycles. The second kappa shape index (κ2) is 5.50. The van der Waals surface area contributed by atoms with E-state index in [0.717, 1.165) is 31.0 Å². The second-order valence-electron chi connectivity index (χ2n) is 7.21. The summed E-state index contributed by atoms with van der Waals surface area (Å²) in [6.07, 6.45) is 4.10. The van der Waals surface area contributed by atoms with Crippen LogP contribution in [0.1, 0.15) is 38.7 Å². The molecule has 0 radical (unpaired) electrons. The SMILES string of the molecule is CC1(C)C(CN)C1C1CCCCN1Cc1ccccc1. The molecule has 2 aliphatic rings. The topological polar surface area (TPSA) is 29.3 Å². The average Bonchev–Trinajstić information content (AvgIpc) is 3.02. The number of hydrogen-bond donors (Lipinski definition) is 1. The van der Waals surface area contributed by atoms with Crippen molar-refractivity contribution in [1.82, 2.24) is 4.90 Å². The number of hydrogen-bond acceptors (Lipinski definition) is 2. The second-order valence-corrected chi connectivity index (χ2v) is 7.21. The third-order valence-electron chi connectivity index (χ3n) is 5.70. The van der Waals surface area contributed by atoms with Crippen LogP contribution >= 0.6 is 0 Å². The van der Waals surface area contributed by atoms with E-state index in [1.807, 2.05) is 0 Å². The fourth-order valence-corrected chi connectivity index (χ4v) is 4.44. The first-order valence-corrected chi connectivity index (χ1v) is 8.12. The number of nitrogens with two attached hydrogens (primary N) is 1. The zero-order valence-electron chi connectivity index (χ0n) is 12.9. The Balaban J connectivity index is 1.72. The largest absolute Gasteiger partial charge is 0.330 e. The lowest BCUT2D eigenvalue weighted by molar-refractivity contribution is 0.110. The Kier molecular flexibility index (Phi) is 3.87. The summed E-state index contributed by atoms with van der Waals surface area (Å²) in [5.41, 5.74) is 7.88. The summed E-state index contributed by atoms with van der Waals surface area (Å²) in [7, 11) is 0. The van der Waals surface area contributed by atoms with Gasteiger partial charge in [0.1, 0.15) is 0 Å². The van der Waals surface area contributed by atoms with Crippen LogP contribution in [0, 0.1) is 17.3 Å². The fourth-order valence-electron chi connectivity index (χ4n) is 4.44. The lowest BCUT2D eigenvalue weighted by Gasteiger charge is -2.37. The standard InChI is InChI=1S/C18H28N2/c1-18(2)15(12-19)17(18)16-10-6-7-11-20(16)13-14-8-4-3-5-9-14/h3-5,8-9,15-17H,6-7,10-13,19H2,1-2H3. The Morgan fingerprint density at radius 2 is 1.95 bits per heavy atom. The van der Waals surface area contributed by atoms with Crippen molar-refractivity contribution in [3.8, 4) is 0 Å². The van der Waals surface area contributed by atoms with Gasteiger partial charge in [-0.15, -0.1) is 0 Å². The fraction of sp³-hybridized carbons (Fsp3) is 0.667.